The van der Waals surface area contributed by atoms with Crippen LogP contribution in [0.15, 0.2) is 0 Å². The Kier molecular flexibility index (Phi) is 2.92. The van der Waals surface area contributed by atoms with Gasteiger partial charge in [-0.15, -0.1) is 0 Å². The molecule has 1 heterocycles. The van der Waals surface area contributed by atoms with Gasteiger partial charge < -0.3 is 4.90 Å². The molecule has 1 amide bonds. The monoisotopic (exact) mass is 155 g/mol. The Labute approximate surface area is 68.6 Å². The minimum absolute atomic E-state index is 0.328. The molecule has 1 fully saturated rings. The summed E-state index contributed by atoms with van der Waals surface area (Å²) in [5.74, 6) is 0.328. The average Bonchev–Trinajstić information content (AvgIpc) is 1.99. The van der Waals surface area contributed by atoms with Crippen LogP contribution in [-0.2, 0) is 4.79 Å². The van der Waals surface area contributed by atoms with Crippen LogP contribution >= 0.6 is 0 Å². The van der Waals surface area contributed by atoms with Gasteiger partial charge in [0.25, 0.3) is 0 Å². The molecule has 0 aromatic heterocycles. The van der Waals surface area contributed by atoms with Gasteiger partial charge in [0, 0.05) is 19.5 Å². The first-order valence-corrected chi connectivity index (χ1v) is 4.51. The van der Waals surface area contributed by atoms with E-state index in [1.165, 1.54) is 19.3 Å². The van der Waals surface area contributed by atoms with Crippen molar-refractivity contribution in [2.45, 2.75) is 45.1 Å². The third kappa shape index (κ3) is 1.95. The van der Waals surface area contributed by atoms with Gasteiger partial charge in [-0.25, -0.2) is 0 Å². The van der Waals surface area contributed by atoms with E-state index >= 15 is 0 Å². The van der Waals surface area contributed by atoms with Crippen LogP contribution in [0.1, 0.15) is 39.0 Å². The molecule has 0 spiro atoms. The fourth-order valence-electron chi connectivity index (χ4n) is 1.73. The Bertz CT molecular complexity index is 142. The Balaban J connectivity index is 2.44. The van der Waals surface area contributed by atoms with Gasteiger partial charge in [-0.3, -0.25) is 4.79 Å². The van der Waals surface area contributed by atoms with Gasteiger partial charge in [-0.1, -0.05) is 13.3 Å². The second kappa shape index (κ2) is 3.74. The van der Waals surface area contributed by atoms with Crippen LogP contribution < -0.4 is 0 Å². The van der Waals surface area contributed by atoms with E-state index in [9.17, 15) is 4.79 Å². The van der Waals surface area contributed by atoms with Gasteiger partial charge in [0.05, 0.1) is 0 Å². The van der Waals surface area contributed by atoms with Crippen LogP contribution in [-0.4, -0.2) is 23.9 Å². The van der Waals surface area contributed by atoms with Crippen molar-refractivity contribution in [1.82, 2.24) is 4.90 Å². The Morgan fingerprint density at radius 1 is 1.64 bits per heavy atom. The minimum Gasteiger partial charge on any atom is -0.343 e. The molecule has 1 aliphatic heterocycles. The number of nitrogens with zero attached hydrogens (tertiary/aromatic N) is 1. The van der Waals surface area contributed by atoms with Gasteiger partial charge in [0.15, 0.2) is 0 Å². The summed E-state index contributed by atoms with van der Waals surface area (Å²) in [4.78, 5) is 13.1. The lowest BCUT2D eigenvalue weighted by molar-refractivity contribution is -0.134. The standard InChI is InChI=1S/C9H17NO/c1-3-5-8-6-4-7-9(11)10(8)2/h8H,3-7H2,1-2H3. The Morgan fingerprint density at radius 2 is 2.36 bits per heavy atom. The van der Waals surface area contributed by atoms with Crippen LogP contribution in [0.2, 0.25) is 0 Å². The molecule has 1 unspecified atom stereocenters. The summed E-state index contributed by atoms with van der Waals surface area (Å²) in [5.41, 5.74) is 0. The summed E-state index contributed by atoms with van der Waals surface area (Å²) in [6.07, 6.45) is 5.41. The first-order chi connectivity index (χ1) is 5.25. The largest absolute Gasteiger partial charge is 0.343 e. The third-order valence-corrected chi connectivity index (χ3v) is 2.49. The maximum absolute atomic E-state index is 11.2. The van der Waals surface area contributed by atoms with Crippen LogP contribution in [0.25, 0.3) is 0 Å². The van der Waals surface area contributed by atoms with E-state index in [0.717, 1.165) is 12.8 Å². The molecule has 1 saturated heterocycles. The molecule has 11 heavy (non-hydrogen) atoms. The maximum Gasteiger partial charge on any atom is 0.222 e. The normalized spacial score (nSPS) is 25.8. The van der Waals surface area contributed by atoms with Crippen molar-refractivity contribution in [2.24, 2.45) is 0 Å². The summed E-state index contributed by atoms with van der Waals surface area (Å²) in [5, 5.41) is 0. The van der Waals surface area contributed by atoms with Crippen molar-refractivity contribution in [3.63, 3.8) is 0 Å². The predicted molar refractivity (Wildman–Crippen MR) is 45.3 cm³/mol. The van der Waals surface area contributed by atoms with Crippen molar-refractivity contribution in [2.75, 3.05) is 7.05 Å². The van der Waals surface area contributed by atoms with E-state index in [2.05, 4.69) is 6.92 Å². The quantitative estimate of drug-likeness (QED) is 0.595. The molecule has 0 N–H and O–H groups in total. The van der Waals surface area contributed by atoms with Crippen molar-refractivity contribution in [1.29, 1.82) is 0 Å². The predicted octanol–water partition coefficient (Wildman–Crippen LogP) is 1.80. The van der Waals surface area contributed by atoms with E-state index in [0.29, 0.717) is 11.9 Å². The Morgan fingerprint density at radius 3 is 3.00 bits per heavy atom. The molecular weight excluding hydrogens is 138 g/mol. The molecule has 2 heteroatoms. The lowest BCUT2D eigenvalue weighted by Crippen LogP contribution is -2.40. The number of hydrogen-bond donors (Lipinski definition) is 0. The molecule has 0 aliphatic carbocycles. The molecular formula is C9H17NO. The zero-order chi connectivity index (χ0) is 8.27. The number of amides is 1. The number of rotatable bonds is 2. The smallest absolute Gasteiger partial charge is 0.222 e. The lowest BCUT2D eigenvalue weighted by atomic mass is 9.99. The number of carbonyl (C=O) groups excluding carboxylic acids is 1. The molecule has 2 nitrogen and oxygen atoms in total. The van der Waals surface area contributed by atoms with Gasteiger partial charge in [-0.05, 0) is 19.3 Å². The van der Waals surface area contributed by atoms with E-state index in [-0.39, 0.29) is 0 Å². The van der Waals surface area contributed by atoms with Gasteiger partial charge in [0.2, 0.25) is 5.91 Å². The highest BCUT2D eigenvalue weighted by Crippen LogP contribution is 2.19. The van der Waals surface area contributed by atoms with E-state index in [1.807, 2.05) is 11.9 Å². The summed E-state index contributed by atoms with van der Waals surface area (Å²) >= 11 is 0. The molecule has 0 aromatic rings. The molecule has 1 rings (SSSR count). The molecule has 64 valence electrons. The fraction of sp³-hybridized carbons (Fsp3) is 0.889. The average molecular weight is 155 g/mol. The zero-order valence-corrected chi connectivity index (χ0v) is 7.47. The highest BCUT2D eigenvalue weighted by atomic mass is 16.2. The summed E-state index contributed by atoms with van der Waals surface area (Å²) < 4.78 is 0. The molecule has 0 radical (unpaired) electrons. The second-order valence-corrected chi connectivity index (χ2v) is 3.34. The third-order valence-electron chi connectivity index (χ3n) is 2.49. The van der Waals surface area contributed by atoms with E-state index < -0.39 is 0 Å². The second-order valence-electron chi connectivity index (χ2n) is 3.34. The number of carbonyl (C=O) groups is 1. The van der Waals surface area contributed by atoms with E-state index in [1.54, 1.807) is 0 Å². The number of likely N-dealkylation sites (tertiary alicyclic amines) is 1. The summed E-state index contributed by atoms with van der Waals surface area (Å²) in [6.45, 7) is 2.17. The van der Waals surface area contributed by atoms with Crippen molar-refractivity contribution in [3.05, 3.63) is 0 Å². The van der Waals surface area contributed by atoms with Crippen molar-refractivity contribution < 1.29 is 4.79 Å². The van der Waals surface area contributed by atoms with Crippen LogP contribution in [0, 0.1) is 0 Å². The summed E-state index contributed by atoms with van der Waals surface area (Å²) in [7, 11) is 1.93. The molecule has 1 aliphatic rings. The Hall–Kier alpha value is -0.530. The fourth-order valence-corrected chi connectivity index (χ4v) is 1.73. The molecule has 0 aromatic carbocycles. The number of hydrogen-bond acceptors (Lipinski definition) is 1. The molecule has 1 atom stereocenters. The van der Waals surface area contributed by atoms with Gasteiger partial charge in [-0.2, -0.15) is 0 Å². The maximum atomic E-state index is 11.2. The van der Waals surface area contributed by atoms with Crippen molar-refractivity contribution >= 4 is 5.91 Å². The zero-order valence-electron chi connectivity index (χ0n) is 7.47. The van der Waals surface area contributed by atoms with E-state index in [4.69, 9.17) is 0 Å². The highest BCUT2D eigenvalue weighted by Gasteiger charge is 2.23. The first-order valence-electron chi connectivity index (χ1n) is 4.51. The van der Waals surface area contributed by atoms with Crippen LogP contribution in [0.4, 0.5) is 0 Å². The highest BCUT2D eigenvalue weighted by molar-refractivity contribution is 5.76. The topological polar surface area (TPSA) is 20.3 Å². The lowest BCUT2D eigenvalue weighted by Gasteiger charge is -2.32. The molecule has 0 bridgehead atoms. The van der Waals surface area contributed by atoms with Gasteiger partial charge >= 0.3 is 0 Å². The van der Waals surface area contributed by atoms with Crippen LogP contribution in [0.3, 0.4) is 0 Å². The minimum atomic E-state index is 0.328. The summed E-state index contributed by atoms with van der Waals surface area (Å²) in [6, 6.07) is 0.529. The first kappa shape index (κ1) is 8.57. The van der Waals surface area contributed by atoms with Crippen molar-refractivity contribution in [3.8, 4) is 0 Å². The van der Waals surface area contributed by atoms with Gasteiger partial charge in [0.1, 0.15) is 0 Å². The van der Waals surface area contributed by atoms with Crippen LogP contribution in [0.5, 0.6) is 0 Å². The SMILES string of the molecule is CCCC1CCCC(=O)N1C. The number of piperidine rings is 1. The molecule has 0 saturated carbocycles.